The lowest BCUT2D eigenvalue weighted by atomic mass is 10.2. The Morgan fingerprint density at radius 1 is 1.29 bits per heavy atom. The topological polar surface area (TPSA) is 55.4 Å². The molecule has 0 aliphatic carbocycles. The van der Waals surface area contributed by atoms with Crippen LogP contribution in [0.1, 0.15) is 29.1 Å². The molecule has 0 fully saturated rings. The molecule has 0 radical (unpaired) electrons. The fourth-order valence-corrected chi connectivity index (χ4v) is 3.98. The van der Waals surface area contributed by atoms with Gasteiger partial charge >= 0.3 is 5.97 Å². The molecule has 2 rings (SSSR count). The van der Waals surface area contributed by atoms with Crippen molar-refractivity contribution >= 4 is 51.6 Å². The number of ether oxygens (including phenoxy) is 1. The Hall–Kier alpha value is -1.50. The zero-order chi connectivity index (χ0) is 17.5. The third kappa shape index (κ3) is 5.00. The molecule has 0 unspecified atom stereocenters. The summed E-state index contributed by atoms with van der Waals surface area (Å²) in [6.07, 6.45) is 0.793. The summed E-state index contributed by atoms with van der Waals surface area (Å²) in [6, 6.07) is 9.14. The van der Waals surface area contributed by atoms with Gasteiger partial charge in [-0.15, -0.1) is 23.1 Å². The van der Waals surface area contributed by atoms with Crippen LogP contribution >= 0.6 is 34.7 Å². The van der Waals surface area contributed by atoms with Gasteiger partial charge in [0.25, 0.3) is 0 Å². The van der Waals surface area contributed by atoms with Gasteiger partial charge in [0.15, 0.2) is 0 Å². The molecule has 0 aliphatic rings. The third-order valence-corrected chi connectivity index (χ3v) is 5.79. The molecule has 1 amide bonds. The van der Waals surface area contributed by atoms with Crippen molar-refractivity contribution in [2.45, 2.75) is 25.2 Å². The number of thioether (sulfide) groups is 1. The molecule has 0 bridgehead atoms. The van der Waals surface area contributed by atoms with E-state index in [4.69, 9.17) is 16.3 Å². The highest BCUT2D eigenvalue weighted by molar-refractivity contribution is 8.00. The fraction of sp³-hybridized carbons (Fsp3) is 0.294. The van der Waals surface area contributed by atoms with Crippen molar-refractivity contribution < 1.29 is 14.3 Å². The van der Waals surface area contributed by atoms with Gasteiger partial charge in [-0.05, 0) is 31.5 Å². The van der Waals surface area contributed by atoms with Gasteiger partial charge in [0, 0.05) is 9.77 Å². The summed E-state index contributed by atoms with van der Waals surface area (Å²) in [5, 5.41) is 3.96. The van der Waals surface area contributed by atoms with E-state index < -0.39 is 5.97 Å². The van der Waals surface area contributed by atoms with E-state index in [9.17, 15) is 9.59 Å². The second-order valence-corrected chi connectivity index (χ2v) is 7.36. The Morgan fingerprint density at radius 3 is 2.71 bits per heavy atom. The van der Waals surface area contributed by atoms with Crippen LogP contribution in [0.4, 0.5) is 5.00 Å². The minimum atomic E-state index is -0.414. The van der Waals surface area contributed by atoms with E-state index in [1.165, 1.54) is 23.1 Å². The van der Waals surface area contributed by atoms with E-state index >= 15 is 0 Å². The number of carbonyl (C=O) groups excluding carboxylic acids is 2. The number of thiophene rings is 1. The van der Waals surface area contributed by atoms with E-state index in [0.29, 0.717) is 22.2 Å². The maximum atomic E-state index is 12.2. The summed E-state index contributed by atoms with van der Waals surface area (Å²) in [7, 11) is 0. The molecular weight excluding hydrogens is 366 g/mol. The first-order valence-corrected chi connectivity index (χ1v) is 9.70. The van der Waals surface area contributed by atoms with Crippen molar-refractivity contribution in [3.63, 3.8) is 0 Å². The van der Waals surface area contributed by atoms with E-state index in [0.717, 1.165) is 16.2 Å². The van der Waals surface area contributed by atoms with E-state index in [1.807, 2.05) is 25.1 Å². The number of hydrogen-bond donors (Lipinski definition) is 1. The van der Waals surface area contributed by atoms with Crippen LogP contribution in [-0.2, 0) is 16.0 Å². The molecule has 7 heteroatoms. The van der Waals surface area contributed by atoms with Crippen LogP contribution in [0.5, 0.6) is 0 Å². The predicted octanol–water partition coefficient (Wildman–Crippen LogP) is 4.87. The third-order valence-electron chi connectivity index (χ3n) is 3.08. The normalized spacial score (nSPS) is 10.5. The molecule has 0 saturated carbocycles. The average Bonchev–Trinajstić information content (AvgIpc) is 2.97. The second-order valence-electron chi connectivity index (χ2n) is 4.80. The van der Waals surface area contributed by atoms with Crippen molar-refractivity contribution in [1.82, 2.24) is 0 Å². The van der Waals surface area contributed by atoms with Gasteiger partial charge in [0.2, 0.25) is 5.91 Å². The minimum Gasteiger partial charge on any atom is -0.462 e. The lowest BCUT2D eigenvalue weighted by Gasteiger charge is -2.07. The number of amides is 1. The largest absolute Gasteiger partial charge is 0.462 e. The van der Waals surface area contributed by atoms with Crippen LogP contribution in [0.2, 0.25) is 5.02 Å². The smallest absolute Gasteiger partial charge is 0.341 e. The van der Waals surface area contributed by atoms with Crippen LogP contribution < -0.4 is 5.32 Å². The summed E-state index contributed by atoms with van der Waals surface area (Å²) in [6.45, 7) is 4.05. The zero-order valence-corrected chi connectivity index (χ0v) is 15.8. The molecular formula is C17H18ClNO3S2. The first-order valence-electron chi connectivity index (χ1n) is 7.52. The van der Waals surface area contributed by atoms with Gasteiger partial charge in [0.1, 0.15) is 5.00 Å². The monoisotopic (exact) mass is 383 g/mol. The van der Waals surface area contributed by atoms with Crippen LogP contribution in [0.3, 0.4) is 0 Å². The summed E-state index contributed by atoms with van der Waals surface area (Å²) in [5.41, 5.74) is 0.412. The summed E-state index contributed by atoms with van der Waals surface area (Å²) < 4.78 is 5.05. The molecule has 0 spiro atoms. The number of anilines is 1. The number of aryl methyl sites for hydroxylation is 1. The van der Waals surface area contributed by atoms with Crippen LogP contribution in [0.25, 0.3) is 0 Å². The van der Waals surface area contributed by atoms with E-state index in [-0.39, 0.29) is 11.7 Å². The quantitative estimate of drug-likeness (QED) is 0.547. The Bertz CT molecular complexity index is 730. The SMILES string of the molecule is CCOC(=O)c1cc(CC)sc1NC(=O)CSc1ccccc1Cl. The predicted molar refractivity (Wildman–Crippen MR) is 100 cm³/mol. The molecule has 1 heterocycles. The first kappa shape index (κ1) is 18.8. The highest BCUT2D eigenvalue weighted by atomic mass is 35.5. The highest BCUT2D eigenvalue weighted by Crippen LogP contribution is 2.30. The zero-order valence-electron chi connectivity index (χ0n) is 13.4. The number of rotatable bonds is 7. The first-order chi connectivity index (χ1) is 11.5. The van der Waals surface area contributed by atoms with Crippen molar-refractivity contribution in [2.75, 3.05) is 17.7 Å². The maximum absolute atomic E-state index is 12.2. The molecule has 0 atom stereocenters. The lowest BCUT2D eigenvalue weighted by molar-refractivity contribution is -0.113. The molecule has 0 aliphatic heterocycles. The number of halogens is 1. The molecule has 24 heavy (non-hydrogen) atoms. The molecule has 0 saturated heterocycles. The summed E-state index contributed by atoms with van der Waals surface area (Å²) in [5.74, 6) is -0.386. The van der Waals surface area contributed by atoms with Gasteiger partial charge in [-0.3, -0.25) is 4.79 Å². The lowest BCUT2D eigenvalue weighted by Crippen LogP contribution is -2.15. The Morgan fingerprint density at radius 2 is 2.04 bits per heavy atom. The van der Waals surface area contributed by atoms with Crippen LogP contribution in [0.15, 0.2) is 35.2 Å². The van der Waals surface area contributed by atoms with Crippen molar-refractivity contribution in [3.8, 4) is 0 Å². The van der Waals surface area contributed by atoms with E-state index in [1.54, 1.807) is 19.1 Å². The fourth-order valence-electron chi connectivity index (χ4n) is 1.94. The maximum Gasteiger partial charge on any atom is 0.341 e. The molecule has 2 aromatic rings. The van der Waals surface area contributed by atoms with E-state index in [2.05, 4.69) is 5.32 Å². The Kier molecular flexibility index (Phi) is 7.15. The molecule has 4 nitrogen and oxygen atoms in total. The van der Waals surface area contributed by atoms with Gasteiger partial charge in [-0.2, -0.15) is 0 Å². The molecule has 128 valence electrons. The summed E-state index contributed by atoms with van der Waals surface area (Å²) in [4.78, 5) is 26.1. The van der Waals surface area contributed by atoms with Gasteiger partial charge in [0.05, 0.1) is 22.9 Å². The number of benzene rings is 1. The van der Waals surface area contributed by atoms with Crippen LogP contribution in [0, 0.1) is 0 Å². The van der Waals surface area contributed by atoms with Crippen LogP contribution in [-0.4, -0.2) is 24.2 Å². The van der Waals surface area contributed by atoms with Crippen molar-refractivity contribution in [1.29, 1.82) is 0 Å². The standard InChI is InChI=1S/C17H18ClNO3S2/c1-3-11-9-12(17(21)22-4-2)16(24-11)19-15(20)10-23-14-8-6-5-7-13(14)18/h5-9H,3-4,10H2,1-2H3,(H,19,20). The van der Waals surface area contributed by atoms with Gasteiger partial charge in [-0.1, -0.05) is 30.7 Å². The van der Waals surface area contributed by atoms with Gasteiger partial charge < -0.3 is 10.1 Å². The molecule has 1 aromatic carbocycles. The second kappa shape index (κ2) is 9.11. The number of esters is 1. The Labute approximate surface area is 154 Å². The summed E-state index contributed by atoms with van der Waals surface area (Å²) >= 11 is 8.83. The number of hydrogen-bond acceptors (Lipinski definition) is 5. The van der Waals surface area contributed by atoms with Crippen molar-refractivity contribution in [2.24, 2.45) is 0 Å². The average molecular weight is 384 g/mol. The molecule has 1 aromatic heterocycles. The minimum absolute atomic E-state index is 0.185. The number of carbonyl (C=O) groups is 2. The van der Waals surface area contributed by atoms with Crippen molar-refractivity contribution in [3.05, 3.63) is 45.8 Å². The molecule has 1 N–H and O–H groups in total. The Balaban J connectivity index is 2.04. The number of nitrogens with one attached hydrogen (secondary N) is 1. The highest BCUT2D eigenvalue weighted by Gasteiger charge is 2.18. The van der Waals surface area contributed by atoms with Gasteiger partial charge in [-0.25, -0.2) is 4.79 Å².